The minimum Gasteiger partial charge on any atom is -0.375 e. The fourth-order valence-electron chi connectivity index (χ4n) is 2.10. The molecule has 0 radical (unpaired) electrons. The molecule has 0 bridgehead atoms. The summed E-state index contributed by atoms with van der Waals surface area (Å²) in [5, 5.41) is 1.43. The zero-order chi connectivity index (χ0) is 13.7. The van der Waals surface area contributed by atoms with Crippen LogP contribution in [0.15, 0.2) is 36.4 Å². The van der Waals surface area contributed by atoms with E-state index in [1.807, 2.05) is 18.2 Å². The Hall–Kier alpha value is -2.05. The number of aromatic nitrogens is 2. The highest BCUT2D eigenvalue weighted by Gasteiger charge is 2.09. The summed E-state index contributed by atoms with van der Waals surface area (Å²) < 4.78 is 15.2. The molecule has 2 aromatic heterocycles. The van der Waals surface area contributed by atoms with E-state index in [1.165, 1.54) is 23.5 Å². The molecule has 6 heteroatoms. The maximum atomic E-state index is 13.2. The van der Waals surface area contributed by atoms with Crippen LogP contribution < -0.4 is 5.73 Å². The van der Waals surface area contributed by atoms with Gasteiger partial charge in [-0.1, -0.05) is 11.3 Å². The number of halogens is 1. The monoisotopic (exact) mass is 301 g/mol. The average molecular weight is 301 g/mol. The second kappa shape index (κ2) is 4.22. The van der Waals surface area contributed by atoms with Gasteiger partial charge in [0.1, 0.15) is 10.8 Å². The summed E-state index contributed by atoms with van der Waals surface area (Å²) in [7, 11) is 0. The fourth-order valence-corrected chi connectivity index (χ4v) is 3.82. The Morgan fingerprint density at radius 1 is 0.900 bits per heavy atom. The van der Waals surface area contributed by atoms with Gasteiger partial charge in [-0.15, -0.1) is 11.3 Å². The highest BCUT2D eigenvalue weighted by Crippen LogP contribution is 2.33. The Balaban J connectivity index is 1.90. The van der Waals surface area contributed by atoms with Gasteiger partial charge in [0.05, 0.1) is 20.4 Å². The van der Waals surface area contributed by atoms with E-state index in [0.29, 0.717) is 10.6 Å². The molecular formula is C14H8FN3S2. The summed E-state index contributed by atoms with van der Waals surface area (Å²) in [5.74, 6) is -0.264. The number of nitrogens with zero attached hydrogens (tertiary/aromatic N) is 2. The number of anilines is 1. The second-order valence-electron chi connectivity index (χ2n) is 4.37. The Labute approximate surface area is 121 Å². The number of nitrogen functional groups attached to an aromatic ring is 1. The molecule has 0 unspecified atom stereocenters. The molecule has 0 fully saturated rings. The fraction of sp³-hybridized carbons (Fsp3) is 0. The van der Waals surface area contributed by atoms with Crippen molar-refractivity contribution in [3.8, 4) is 10.6 Å². The van der Waals surface area contributed by atoms with Crippen molar-refractivity contribution in [3.05, 3.63) is 42.2 Å². The minimum atomic E-state index is -0.264. The molecule has 0 saturated carbocycles. The lowest BCUT2D eigenvalue weighted by molar-refractivity contribution is 0.629. The molecular weight excluding hydrogens is 293 g/mol. The summed E-state index contributed by atoms with van der Waals surface area (Å²) in [4.78, 5) is 8.72. The summed E-state index contributed by atoms with van der Waals surface area (Å²) in [5.41, 5.74) is 8.29. The summed E-state index contributed by atoms with van der Waals surface area (Å²) in [6.45, 7) is 0. The van der Waals surface area contributed by atoms with E-state index in [9.17, 15) is 4.39 Å². The molecule has 2 aromatic carbocycles. The molecule has 0 amide bonds. The van der Waals surface area contributed by atoms with E-state index >= 15 is 0 Å². The highest BCUT2D eigenvalue weighted by molar-refractivity contribution is 7.22. The van der Waals surface area contributed by atoms with Gasteiger partial charge in [0, 0.05) is 11.6 Å². The molecule has 2 N–H and O–H groups in total. The third-order valence-corrected chi connectivity index (χ3v) is 4.93. The van der Waals surface area contributed by atoms with Crippen molar-refractivity contribution < 1.29 is 4.39 Å². The van der Waals surface area contributed by atoms with Crippen molar-refractivity contribution >= 4 is 48.2 Å². The zero-order valence-corrected chi connectivity index (χ0v) is 11.8. The number of nitrogens with two attached hydrogens (primary N) is 1. The second-order valence-corrected chi connectivity index (χ2v) is 6.46. The maximum Gasteiger partial charge on any atom is 0.181 e. The normalized spacial score (nSPS) is 11.4. The average Bonchev–Trinajstić information content (AvgIpc) is 2.99. The zero-order valence-electron chi connectivity index (χ0n) is 10.1. The van der Waals surface area contributed by atoms with Crippen LogP contribution in [0.4, 0.5) is 9.52 Å². The van der Waals surface area contributed by atoms with Crippen LogP contribution in [0.5, 0.6) is 0 Å². The molecule has 0 aliphatic rings. The van der Waals surface area contributed by atoms with Gasteiger partial charge >= 0.3 is 0 Å². The van der Waals surface area contributed by atoms with Crippen LogP contribution in [0.2, 0.25) is 0 Å². The first kappa shape index (κ1) is 11.7. The van der Waals surface area contributed by atoms with Gasteiger partial charge in [0.2, 0.25) is 0 Å². The summed E-state index contributed by atoms with van der Waals surface area (Å²) in [6.07, 6.45) is 0. The molecule has 0 aliphatic carbocycles. The van der Waals surface area contributed by atoms with E-state index in [0.717, 1.165) is 25.5 Å². The van der Waals surface area contributed by atoms with Crippen LogP contribution in [-0.4, -0.2) is 9.97 Å². The lowest BCUT2D eigenvalue weighted by atomic mass is 10.2. The predicted octanol–water partition coefficient (Wildman–Crippen LogP) is 4.29. The predicted molar refractivity (Wildman–Crippen MR) is 82.6 cm³/mol. The van der Waals surface area contributed by atoms with Gasteiger partial charge in [-0.25, -0.2) is 14.4 Å². The maximum absolute atomic E-state index is 13.2. The first-order valence-corrected chi connectivity index (χ1v) is 7.55. The molecule has 0 aliphatic heterocycles. The van der Waals surface area contributed by atoms with Crippen LogP contribution in [0, 0.1) is 5.82 Å². The van der Waals surface area contributed by atoms with Gasteiger partial charge in [-0.2, -0.15) is 0 Å². The number of fused-ring (bicyclic) bond motifs is 2. The summed E-state index contributed by atoms with van der Waals surface area (Å²) in [6, 6.07) is 10.6. The van der Waals surface area contributed by atoms with Crippen molar-refractivity contribution in [1.82, 2.24) is 9.97 Å². The molecule has 4 aromatic rings. The van der Waals surface area contributed by atoms with E-state index in [1.54, 1.807) is 17.4 Å². The van der Waals surface area contributed by atoms with E-state index < -0.39 is 0 Å². The molecule has 3 nitrogen and oxygen atoms in total. The molecule has 98 valence electrons. The standard InChI is InChI=1S/C14H8FN3S2/c15-8-2-4-11-10(6-8)17-13(19-11)7-1-3-9-12(5-7)20-14(16)18-9/h1-6H,(H2,16,18). The van der Waals surface area contributed by atoms with Gasteiger partial charge in [-0.05, 0) is 30.3 Å². The number of benzene rings is 2. The van der Waals surface area contributed by atoms with Crippen LogP contribution >= 0.6 is 22.7 Å². The Morgan fingerprint density at radius 2 is 1.80 bits per heavy atom. The van der Waals surface area contributed by atoms with Crippen LogP contribution in [0.25, 0.3) is 31.0 Å². The lowest BCUT2D eigenvalue weighted by Gasteiger charge is -1.94. The first-order chi connectivity index (χ1) is 9.69. The van der Waals surface area contributed by atoms with E-state index in [2.05, 4.69) is 9.97 Å². The number of rotatable bonds is 1. The molecule has 0 spiro atoms. The van der Waals surface area contributed by atoms with E-state index in [-0.39, 0.29) is 5.82 Å². The third-order valence-electron chi connectivity index (χ3n) is 3.00. The number of thiazole rings is 2. The molecule has 20 heavy (non-hydrogen) atoms. The molecule has 0 atom stereocenters. The SMILES string of the molecule is Nc1nc2ccc(-c3nc4cc(F)ccc4s3)cc2s1. The third kappa shape index (κ3) is 1.85. The Morgan fingerprint density at radius 3 is 2.70 bits per heavy atom. The lowest BCUT2D eigenvalue weighted by Crippen LogP contribution is -1.79. The summed E-state index contributed by atoms with van der Waals surface area (Å²) >= 11 is 3.00. The molecule has 4 rings (SSSR count). The van der Waals surface area contributed by atoms with Gasteiger partial charge in [0.15, 0.2) is 5.13 Å². The molecule has 0 saturated heterocycles. The topological polar surface area (TPSA) is 51.8 Å². The number of hydrogen-bond acceptors (Lipinski definition) is 5. The first-order valence-electron chi connectivity index (χ1n) is 5.91. The van der Waals surface area contributed by atoms with Crippen LogP contribution in [0.3, 0.4) is 0 Å². The van der Waals surface area contributed by atoms with Gasteiger partial charge in [0.25, 0.3) is 0 Å². The minimum absolute atomic E-state index is 0.264. The smallest absolute Gasteiger partial charge is 0.181 e. The van der Waals surface area contributed by atoms with Crippen molar-refractivity contribution in [3.63, 3.8) is 0 Å². The largest absolute Gasteiger partial charge is 0.375 e. The van der Waals surface area contributed by atoms with E-state index in [4.69, 9.17) is 5.73 Å². The van der Waals surface area contributed by atoms with Crippen LogP contribution in [0.1, 0.15) is 0 Å². The van der Waals surface area contributed by atoms with Gasteiger partial charge < -0.3 is 5.73 Å². The van der Waals surface area contributed by atoms with Crippen molar-refractivity contribution in [2.75, 3.05) is 5.73 Å². The van der Waals surface area contributed by atoms with Crippen molar-refractivity contribution in [2.45, 2.75) is 0 Å². The Kier molecular flexibility index (Phi) is 2.48. The number of hydrogen-bond donors (Lipinski definition) is 1. The van der Waals surface area contributed by atoms with Crippen LogP contribution in [-0.2, 0) is 0 Å². The van der Waals surface area contributed by atoms with Crippen molar-refractivity contribution in [1.29, 1.82) is 0 Å². The van der Waals surface area contributed by atoms with Crippen molar-refractivity contribution in [2.24, 2.45) is 0 Å². The quantitative estimate of drug-likeness (QED) is 0.570. The molecule has 2 heterocycles. The van der Waals surface area contributed by atoms with Gasteiger partial charge in [-0.3, -0.25) is 0 Å². The Bertz CT molecular complexity index is 942. The highest BCUT2D eigenvalue weighted by atomic mass is 32.1.